The van der Waals surface area contributed by atoms with Crippen molar-refractivity contribution < 1.29 is 0 Å². The van der Waals surface area contributed by atoms with Crippen molar-refractivity contribution in [2.45, 2.75) is 13.5 Å². The number of rotatable bonds is 3. The van der Waals surface area contributed by atoms with Crippen LogP contribution in [0.4, 0.5) is 11.6 Å². The van der Waals surface area contributed by atoms with Gasteiger partial charge in [0.25, 0.3) is 0 Å². The molecule has 0 saturated carbocycles. The molecular weight excluding hydrogens is 204 g/mol. The van der Waals surface area contributed by atoms with Crippen LogP contribution in [0.5, 0.6) is 0 Å². The van der Waals surface area contributed by atoms with Crippen LogP contribution in [0.25, 0.3) is 0 Å². The number of nitrogen functional groups attached to an aromatic ring is 1. The lowest BCUT2D eigenvalue weighted by molar-refractivity contribution is 0.948. The third kappa shape index (κ3) is 2.63. The van der Waals surface area contributed by atoms with Crippen molar-refractivity contribution in [3.05, 3.63) is 36.2 Å². The third-order valence-corrected chi connectivity index (χ3v) is 1.97. The van der Waals surface area contributed by atoms with Crippen molar-refractivity contribution in [1.29, 1.82) is 0 Å². The first kappa shape index (κ1) is 10.3. The molecule has 0 aliphatic heterocycles. The summed E-state index contributed by atoms with van der Waals surface area (Å²) in [7, 11) is 0. The number of nitrogens with zero attached hydrogens (tertiary/aromatic N) is 4. The summed E-state index contributed by atoms with van der Waals surface area (Å²) in [4.78, 5) is 16.1. The Bertz CT molecular complexity index is 439. The minimum atomic E-state index is 0.441. The van der Waals surface area contributed by atoms with Crippen molar-refractivity contribution in [1.82, 2.24) is 19.9 Å². The van der Waals surface area contributed by atoms with E-state index < -0.39 is 0 Å². The number of aryl methyl sites for hydroxylation is 1. The first-order chi connectivity index (χ1) is 7.74. The van der Waals surface area contributed by atoms with E-state index in [0.29, 0.717) is 18.2 Å². The van der Waals surface area contributed by atoms with Gasteiger partial charge in [0.1, 0.15) is 23.8 Å². The molecule has 0 aliphatic carbocycles. The Morgan fingerprint density at radius 1 is 1.31 bits per heavy atom. The van der Waals surface area contributed by atoms with Gasteiger partial charge in [0.15, 0.2) is 0 Å². The van der Waals surface area contributed by atoms with Gasteiger partial charge in [-0.3, -0.25) is 0 Å². The van der Waals surface area contributed by atoms with E-state index in [9.17, 15) is 0 Å². The van der Waals surface area contributed by atoms with Crippen LogP contribution in [0.1, 0.15) is 11.5 Å². The van der Waals surface area contributed by atoms with Gasteiger partial charge < -0.3 is 11.1 Å². The van der Waals surface area contributed by atoms with E-state index in [0.717, 1.165) is 11.5 Å². The van der Waals surface area contributed by atoms with Crippen LogP contribution in [-0.2, 0) is 6.54 Å². The second-order valence-electron chi connectivity index (χ2n) is 3.28. The Morgan fingerprint density at radius 3 is 2.94 bits per heavy atom. The standard InChI is InChI=1S/C10H12N6/c1-7-12-3-2-8(16-7)5-13-10-4-9(11)14-6-15-10/h2-4,6H,5H2,1H3,(H3,11,13,14,15). The minimum Gasteiger partial charge on any atom is -0.384 e. The number of nitrogens with two attached hydrogens (primary N) is 1. The van der Waals surface area contributed by atoms with Crippen molar-refractivity contribution in [3.63, 3.8) is 0 Å². The number of anilines is 2. The van der Waals surface area contributed by atoms with Gasteiger partial charge in [0.05, 0.1) is 12.2 Å². The number of hydrogen-bond acceptors (Lipinski definition) is 6. The van der Waals surface area contributed by atoms with E-state index >= 15 is 0 Å². The highest BCUT2D eigenvalue weighted by atomic mass is 15.0. The molecule has 6 heteroatoms. The smallest absolute Gasteiger partial charge is 0.131 e. The maximum atomic E-state index is 5.53. The zero-order valence-electron chi connectivity index (χ0n) is 8.88. The molecule has 0 spiro atoms. The summed E-state index contributed by atoms with van der Waals surface area (Å²) in [5.41, 5.74) is 6.44. The fraction of sp³-hybridized carbons (Fsp3) is 0.200. The molecule has 0 unspecified atom stereocenters. The average molecular weight is 216 g/mol. The van der Waals surface area contributed by atoms with E-state index in [4.69, 9.17) is 5.73 Å². The number of nitrogens with one attached hydrogen (secondary N) is 1. The van der Waals surface area contributed by atoms with E-state index in [-0.39, 0.29) is 0 Å². The molecule has 3 N–H and O–H groups in total. The zero-order valence-corrected chi connectivity index (χ0v) is 8.88. The molecule has 2 rings (SSSR count). The summed E-state index contributed by atoms with van der Waals surface area (Å²) in [6, 6.07) is 3.53. The highest BCUT2D eigenvalue weighted by molar-refractivity contribution is 5.43. The summed E-state index contributed by atoms with van der Waals surface area (Å²) in [5.74, 6) is 1.88. The summed E-state index contributed by atoms with van der Waals surface area (Å²) in [5, 5.41) is 3.11. The van der Waals surface area contributed by atoms with Crippen molar-refractivity contribution in [3.8, 4) is 0 Å². The summed E-state index contributed by atoms with van der Waals surface area (Å²) in [6.07, 6.45) is 3.15. The molecule has 0 atom stereocenters. The molecule has 0 amide bonds. The Balaban J connectivity index is 2.02. The molecular formula is C10H12N6. The molecule has 0 aromatic carbocycles. The quantitative estimate of drug-likeness (QED) is 0.787. The molecule has 0 saturated heterocycles. The van der Waals surface area contributed by atoms with E-state index in [1.54, 1.807) is 12.3 Å². The highest BCUT2D eigenvalue weighted by Gasteiger charge is 1.98. The largest absolute Gasteiger partial charge is 0.384 e. The van der Waals surface area contributed by atoms with Crippen LogP contribution in [-0.4, -0.2) is 19.9 Å². The summed E-state index contributed by atoms with van der Waals surface area (Å²) >= 11 is 0. The Morgan fingerprint density at radius 2 is 2.19 bits per heavy atom. The first-order valence-electron chi connectivity index (χ1n) is 4.84. The molecule has 2 heterocycles. The molecule has 0 radical (unpaired) electrons. The maximum absolute atomic E-state index is 5.53. The normalized spacial score (nSPS) is 10.1. The van der Waals surface area contributed by atoms with Crippen molar-refractivity contribution >= 4 is 11.6 Å². The van der Waals surface area contributed by atoms with Gasteiger partial charge in [0, 0.05) is 12.3 Å². The third-order valence-electron chi connectivity index (χ3n) is 1.97. The SMILES string of the molecule is Cc1nccc(CNc2cc(N)ncn2)n1. The lowest BCUT2D eigenvalue weighted by atomic mass is 10.4. The monoisotopic (exact) mass is 216 g/mol. The summed E-state index contributed by atoms with van der Waals surface area (Å²) in [6.45, 7) is 2.44. The van der Waals surface area contributed by atoms with Crippen LogP contribution >= 0.6 is 0 Å². The maximum Gasteiger partial charge on any atom is 0.131 e. The molecule has 2 aromatic rings. The van der Waals surface area contributed by atoms with Crippen molar-refractivity contribution in [2.75, 3.05) is 11.1 Å². The van der Waals surface area contributed by atoms with E-state index in [1.807, 2.05) is 13.0 Å². The second kappa shape index (κ2) is 4.52. The minimum absolute atomic E-state index is 0.441. The summed E-state index contributed by atoms with van der Waals surface area (Å²) < 4.78 is 0. The van der Waals surface area contributed by atoms with Gasteiger partial charge in [-0.25, -0.2) is 19.9 Å². The van der Waals surface area contributed by atoms with Crippen LogP contribution in [0.2, 0.25) is 0 Å². The molecule has 0 fully saturated rings. The van der Waals surface area contributed by atoms with Crippen LogP contribution in [0.3, 0.4) is 0 Å². The lowest BCUT2D eigenvalue weighted by Gasteiger charge is -2.05. The highest BCUT2D eigenvalue weighted by Crippen LogP contribution is 2.06. The Kier molecular flexibility index (Phi) is 2.90. The molecule has 0 bridgehead atoms. The fourth-order valence-corrected chi connectivity index (χ4v) is 1.25. The van der Waals surface area contributed by atoms with Gasteiger partial charge >= 0.3 is 0 Å². The predicted octanol–water partition coefficient (Wildman–Crippen LogP) is 0.769. The van der Waals surface area contributed by atoms with E-state index in [1.165, 1.54) is 6.33 Å². The fourth-order valence-electron chi connectivity index (χ4n) is 1.25. The predicted molar refractivity (Wildman–Crippen MR) is 60.5 cm³/mol. The average Bonchev–Trinajstić information content (AvgIpc) is 2.27. The lowest BCUT2D eigenvalue weighted by Crippen LogP contribution is -2.05. The van der Waals surface area contributed by atoms with Crippen molar-refractivity contribution in [2.24, 2.45) is 0 Å². The van der Waals surface area contributed by atoms with Crippen LogP contribution < -0.4 is 11.1 Å². The van der Waals surface area contributed by atoms with Gasteiger partial charge in [-0.05, 0) is 13.0 Å². The van der Waals surface area contributed by atoms with Gasteiger partial charge in [0.2, 0.25) is 0 Å². The molecule has 16 heavy (non-hydrogen) atoms. The molecule has 82 valence electrons. The van der Waals surface area contributed by atoms with Gasteiger partial charge in [-0.1, -0.05) is 0 Å². The molecule has 0 aliphatic rings. The zero-order chi connectivity index (χ0) is 11.4. The first-order valence-corrected chi connectivity index (χ1v) is 4.84. The molecule has 6 nitrogen and oxygen atoms in total. The van der Waals surface area contributed by atoms with Gasteiger partial charge in [-0.2, -0.15) is 0 Å². The van der Waals surface area contributed by atoms with Crippen LogP contribution in [0.15, 0.2) is 24.7 Å². The van der Waals surface area contributed by atoms with E-state index in [2.05, 4.69) is 25.3 Å². The topological polar surface area (TPSA) is 89.6 Å². The molecule has 2 aromatic heterocycles. The Hall–Kier alpha value is -2.24. The van der Waals surface area contributed by atoms with Gasteiger partial charge in [-0.15, -0.1) is 0 Å². The second-order valence-corrected chi connectivity index (χ2v) is 3.28. The number of hydrogen-bond donors (Lipinski definition) is 2. The number of aromatic nitrogens is 4. The Labute approximate surface area is 93.0 Å². The van der Waals surface area contributed by atoms with Crippen LogP contribution in [0, 0.1) is 6.92 Å².